The van der Waals surface area contributed by atoms with E-state index in [2.05, 4.69) is 10.6 Å². The summed E-state index contributed by atoms with van der Waals surface area (Å²) in [6.45, 7) is 3.23. The molecule has 1 saturated heterocycles. The Morgan fingerprint density at radius 2 is 2.28 bits per heavy atom. The molecule has 1 atom stereocenters. The number of nitrogens with zero attached hydrogens (tertiary/aromatic N) is 1. The molecule has 3 N–H and O–H groups in total. The number of carboxylic acid groups (broad SMARTS) is 1. The maximum atomic E-state index is 11.9. The molecule has 1 heterocycles. The number of nitrogens with one attached hydrogen (secondary N) is 2. The summed E-state index contributed by atoms with van der Waals surface area (Å²) in [5, 5.41) is 14.0. The summed E-state index contributed by atoms with van der Waals surface area (Å²) in [6, 6.07) is -1.29. The van der Waals surface area contributed by atoms with Gasteiger partial charge in [-0.1, -0.05) is 13.3 Å². The van der Waals surface area contributed by atoms with Gasteiger partial charge in [0.05, 0.1) is 6.42 Å². The van der Waals surface area contributed by atoms with E-state index >= 15 is 0 Å². The minimum atomic E-state index is -1.09. The Kier molecular flexibility index (Phi) is 5.41. The van der Waals surface area contributed by atoms with E-state index in [0.717, 1.165) is 12.8 Å². The molecule has 0 aliphatic carbocycles. The van der Waals surface area contributed by atoms with Crippen molar-refractivity contribution in [3.8, 4) is 0 Å². The molecule has 1 aliphatic heterocycles. The molecule has 0 aromatic rings. The predicted octanol–water partition coefficient (Wildman–Crippen LogP) is -0.229. The van der Waals surface area contributed by atoms with E-state index in [0.29, 0.717) is 19.6 Å². The van der Waals surface area contributed by atoms with E-state index in [9.17, 15) is 14.4 Å². The number of hydrogen-bond donors (Lipinski definition) is 3. The van der Waals surface area contributed by atoms with Gasteiger partial charge in [-0.3, -0.25) is 9.59 Å². The van der Waals surface area contributed by atoms with Crippen LogP contribution in [0.1, 0.15) is 26.2 Å². The topological polar surface area (TPSA) is 98.7 Å². The second-order valence-corrected chi connectivity index (χ2v) is 4.18. The minimum Gasteiger partial charge on any atom is -0.481 e. The van der Waals surface area contributed by atoms with Crippen LogP contribution in [0.4, 0.5) is 4.79 Å². The van der Waals surface area contributed by atoms with Gasteiger partial charge in [-0.2, -0.15) is 0 Å². The summed E-state index contributed by atoms with van der Waals surface area (Å²) < 4.78 is 0. The lowest BCUT2D eigenvalue weighted by Crippen LogP contribution is -2.60. The summed E-state index contributed by atoms with van der Waals surface area (Å²) in [6.07, 6.45) is 1.45. The summed E-state index contributed by atoms with van der Waals surface area (Å²) in [5.41, 5.74) is 0. The molecule has 0 bridgehead atoms. The van der Waals surface area contributed by atoms with Crippen molar-refractivity contribution in [3.05, 3.63) is 0 Å². The van der Waals surface area contributed by atoms with Gasteiger partial charge in [0, 0.05) is 19.6 Å². The van der Waals surface area contributed by atoms with E-state index in [1.807, 2.05) is 6.92 Å². The lowest BCUT2D eigenvalue weighted by atomic mass is 10.1. The molecule has 18 heavy (non-hydrogen) atoms. The van der Waals surface area contributed by atoms with E-state index in [-0.39, 0.29) is 12.5 Å². The maximum Gasteiger partial charge on any atom is 0.318 e. The molecule has 0 aromatic heterocycles. The van der Waals surface area contributed by atoms with Crippen molar-refractivity contribution in [2.45, 2.75) is 32.2 Å². The molecule has 7 heteroatoms. The molecule has 3 amide bonds. The molecule has 1 unspecified atom stereocenters. The number of carbonyl (C=O) groups is 3. The second kappa shape index (κ2) is 6.83. The number of carboxylic acids is 1. The third kappa shape index (κ3) is 3.90. The lowest BCUT2D eigenvalue weighted by molar-refractivity contribution is -0.142. The lowest BCUT2D eigenvalue weighted by Gasteiger charge is -2.34. The van der Waals surface area contributed by atoms with Gasteiger partial charge in [0.25, 0.3) is 0 Å². The van der Waals surface area contributed by atoms with Gasteiger partial charge >= 0.3 is 12.0 Å². The van der Waals surface area contributed by atoms with E-state index in [4.69, 9.17) is 5.11 Å². The van der Waals surface area contributed by atoms with Gasteiger partial charge in [0.2, 0.25) is 5.91 Å². The number of urea groups is 1. The van der Waals surface area contributed by atoms with Crippen LogP contribution in [0.25, 0.3) is 0 Å². The molecule has 0 saturated carbocycles. The smallest absolute Gasteiger partial charge is 0.318 e. The number of amides is 3. The highest BCUT2D eigenvalue weighted by atomic mass is 16.4. The molecule has 1 aliphatic rings. The number of aliphatic carboxylic acids is 1. The fourth-order valence-electron chi connectivity index (χ4n) is 1.80. The maximum absolute atomic E-state index is 11.9. The number of unbranched alkanes of at least 4 members (excludes halogenated alkanes) is 1. The van der Waals surface area contributed by atoms with Gasteiger partial charge in [0.1, 0.15) is 6.04 Å². The van der Waals surface area contributed by atoms with Gasteiger partial charge in [-0.25, -0.2) is 4.79 Å². The Bertz CT molecular complexity index is 332. The SMILES string of the molecule is CCCCNC(=O)N1CCNC(=O)C1CC(=O)O. The summed E-state index contributed by atoms with van der Waals surface area (Å²) in [7, 11) is 0. The van der Waals surface area contributed by atoms with E-state index in [1.165, 1.54) is 4.90 Å². The quantitative estimate of drug-likeness (QED) is 0.592. The monoisotopic (exact) mass is 257 g/mol. The van der Waals surface area contributed by atoms with Crippen molar-refractivity contribution in [2.24, 2.45) is 0 Å². The van der Waals surface area contributed by atoms with Gasteiger partial charge < -0.3 is 20.6 Å². The van der Waals surface area contributed by atoms with Crippen LogP contribution in [-0.4, -0.2) is 53.6 Å². The first kappa shape index (κ1) is 14.3. The molecule has 0 aromatic carbocycles. The van der Waals surface area contributed by atoms with Crippen molar-refractivity contribution < 1.29 is 19.5 Å². The highest BCUT2D eigenvalue weighted by molar-refractivity contribution is 5.91. The Morgan fingerprint density at radius 1 is 1.56 bits per heavy atom. The van der Waals surface area contributed by atoms with Crippen molar-refractivity contribution in [1.29, 1.82) is 0 Å². The van der Waals surface area contributed by atoms with Crippen molar-refractivity contribution in [3.63, 3.8) is 0 Å². The molecular weight excluding hydrogens is 238 g/mol. The molecule has 1 fully saturated rings. The fourth-order valence-corrected chi connectivity index (χ4v) is 1.80. The van der Waals surface area contributed by atoms with Crippen molar-refractivity contribution in [2.75, 3.05) is 19.6 Å². The second-order valence-electron chi connectivity index (χ2n) is 4.18. The number of piperazine rings is 1. The van der Waals surface area contributed by atoms with Crippen LogP contribution in [-0.2, 0) is 9.59 Å². The average Bonchev–Trinajstić information content (AvgIpc) is 2.31. The Morgan fingerprint density at radius 3 is 2.89 bits per heavy atom. The summed E-state index contributed by atoms with van der Waals surface area (Å²) >= 11 is 0. The zero-order valence-corrected chi connectivity index (χ0v) is 10.4. The molecule has 0 spiro atoms. The highest BCUT2D eigenvalue weighted by Crippen LogP contribution is 2.09. The Balaban J connectivity index is 2.60. The van der Waals surface area contributed by atoms with Crippen LogP contribution in [0.2, 0.25) is 0 Å². The van der Waals surface area contributed by atoms with Crippen LogP contribution in [0.3, 0.4) is 0 Å². The van der Waals surface area contributed by atoms with Crippen molar-refractivity contribution in [1.82, 2.24) is 15.5 Å². The zero-order chi connectivity index (χ0) is 13.5. The first-order valence-corrected chi connectivity index (χ1v) is 6.10. The average molecular weight is 257 g/mol. The number of rotatable bonds is 5. The Hall–Kier alpha value is -1.79. The van der Waals surface area contributed by atoms with Crippen LogP contribution < -0.4 is 10.6 Å². The third-order valence-corrected chi connectivity index (χ3v) is 2.77. The van der Waals surface area contributed by atoms with E-state index < -0.39 is 17.9 Å². The first-order valence-electron chi connectivity index (χ1n) is 6.10. The van der Waals surface area contributed by atoms with Crippen LogP contribution in [0.5, 0.6) is 0 Å². The van der Waals surface area contributed by atoms with Gasteiger partial charge in [-0.15, -0.1) is 0 Å². The molecule has 102 valence electrons. The van der Waals surface area contributed by atoms with Crippen LogP contribution >= 0.6 is 0 Å². The zero-order valence-electron chi connectivity index (χ0n) is 10.4. The normalized spacial score (nSPS) is 19.3. The molecular formula is C11H19N3O4. The van der Waals surface area contributed by atoms with Crippen LogP contribution in [0, 0.1) is 0 Å². The predicted molar refractivity (Wildman–Crippen MR) is 64.1 cm³/mol. The molecule has 7 nitrogen and oxygen atoms in total. The van der Waals surface area contributed by atoms with Crippen molar-refractivity contribution >= 4 is 17.9 Å². The fraction of sp³-hybridized carbons (Fsp3) is 0.727. The summed E-state index contributed by atoms with van der Waals surface area (Å²) in [4.78, 5) is 35.4. The highest BCUT2D eigenvalue weighted by Gasteiger charge is 2.34. The number of hydrogen-bond acceptors (Lipinski definition) is 3. The van der Waals surface area contributed by atoms with Gasteiger partial charge in [-0.05, 0) is 6.42 Å². The number of carbonyl (C=O) groups excluding carboxylic acids is 2. The molecule has 0 radical (unpaired) electrons. The first-order chi connectivity index (χ1) is 8.56. The van der Waals surface area contributed by atoms with Gasteiger partial charge in [0.15, 0.2) is 0 Å². The minimum absolute atomic E-state index is 0.335. The van der Waals surface area contributed by atoms with E-state index in [1.54, 1.807) is 0 Å². The summed E-state index contributed by atoms with van der Waals surface area (Å²) in [5.74, 6) is -1.50. The molecule has 1 rings (SSSR count). The Labute approximate surface area is 106 Å². The largest absolute Gasteiger partial charge is 0.481 e. The third-order valence-electron chi connectivity index (χ3n) is 2.77. The standard InChI is InChI=1S/C11H19N3O4/c1-2-3-4-13-11(18)14-6-5-12-10(17)8(14)7-9(15)16/h8H,2-7H2,1H3,(H,12,17)(H,13,18)(H,15,16). The van der Waals surface area contributed by atoms with Crippen LogP contribution in [0.15, 0.2) is 0 Å².